The van der Waals surface area contributed by atoms with Crippen molar-refractivity contribution in [1.82, 2.24) is 15.2 Å². The molecule has 2 rings (SSSR count). The number of rotatable bonds is 5. The predicted molar refractivity (Wildman–Crippen MR) is 74.7 cm³/mol. The Bertz CT molecular complexity index is 501. The van der Waals surface area contributed by atoms with Crippen molar-refractivity contribution < 1.29 is 0 Å². The van der Waals surface area contributed by atoms with Gasteiger partial charge in [-0.25, -0.2) is 5.10 Å². The van der Waals surface area contributed by atoms with Gasteiger partial charge in [-0.15, -0.1) is 5.10 Å². The number of aromatic amines is 1. The molecular formula is C13H17N5. The molecule has 5 heteroatoms. The lowest BCUT2D eigenvalue weighted by molar-refractivity contribution is 0.998. The molecule has 0 amide bonds. The van der Waals surface area contributed by atoms with Crippen LogP contribution in [0.4, 0.5) is 11.9 Å². The first-order valence-corrected chi connectivity index (χ1v) is 5.81. The van der Waals surface area contributed by atoms with E-state index in [9.17, 15) is 0 Å². The maximum Gasteiger partial charge on any atom is 0.245 e. The molecule has 0 aliphatic carbocycles. The van der Waals surface area contributed by atoms with Crippen LogP contribution in [0.2, 0.25) is 0 Å². The van der Waals surface area contributed by atoms with Crippen molar-refractivity contribution in [2.75, 3.05) is 30.9 Å². The summed E-state index contributed by atoms with van der Waals surface area (Å²) >= 11 is 0. The number of H-pyrrole nitrogens is 1. The Hall–Kier alpha value is -2.30. The largest absolute Gasteiger partial charge is 0.351 e. The molecule has 0 atom stereocenters. The highest BCUT2D eigenvalue weighted by Crippen LogP contribution is 2.05. The lowest BCUT2D eigenvalue weighted by Crippen LogP contribution is -2.10. The first-order valence-electron chi connectivity index (χ1n) is 5.81. The van der Waals surface area contributed by atoms with Crippen molar-refractivity contribution in [3.05, 3.63) is 42.0 Å². The van der Waals surface area contributed by atoms with E-state index >= 15 is 0 Å². The molecule has 0 radical (unpaired) electrons. The zero-order valence-electron chi connectivity index (χ0n) is 10.6. The molecule has 0 saturated carbocycles. The number of hydrogen-bond donors (Lipinski definition) is 2. The Morgan fingerprint density at radius 2 is 2.06 bits per heavy atom. The zero-order chi connectivity index (χ0) is 12.8. The van der Waals surface area contributed by atoms with Crippen LogP contribution in [0.5, 0.6) is 0 Å². The molecule has 0 fully saturated rings. The summed E-state index contributed by atoms with van der Waals surface area (Å²) in [5.41, 5.74) is 1.19. The third-order valence-corrected chi connectivity index (χ3v) is 2.37. The molecule has 1 aromatic heterocycles. The number of aromatic nitrogens is 3. The van der Waals surface area contributed by atoms with E-state index in [0.29, 0.717) is 18.4 Å². The molecule has 0 aliphatic rings. The highest BCUT2D eigenvalue weighted by molar-refractivity contribution is 5.49. The van der Waals surface area contributed by atoms with Gasteiger partial charge in [0, 0.05) is 20.6 Å². The van der Waals surface area contributed by atoms with E-state index in [0.717, 1.165) is 0 Å². The third kappa shape index (κ3) is 3.35. The maximum atomic E-state index is 4.27. The van der Waals surface area contributed by atoms with Gasteiger partial charge in [0.05, 0.1) is 0 Å². The van der Waals surface area contributed by atoms with Crippen molar-refractivity contribution in [3.63, 3.8) is 0 Å². The molecule has 0 spiro atoms. The predicted octanol–water partition coefficient (Wildman–Crippen LogP) is 2.00. The zero-order valence-corrected chi connectivity index (χ0v) is 10.6. The lowest BCUT2D eigenvalue weighted by atomic mass is 10.2. The van der Waals surface area contributed by atoms with E-state index in [2.05, 4.69) is 38.7 Å². The Kier molecular flexibility index (Phi) is 3.96. The summed E-state index contributed by atoms with van der Waals surface area (Å²) in [6.45, 7) is 0.705. The van der Waals surface area contributed by atoms with Crippen molar-refractivity contribution in [1.29, 1.82) is 0 Å². The van der Waals surface area contributed by atoms with Gasteiger partial charge in [0.25, 0.3) is 0 Å². The van der Waals surface area contributed by atoms with Crippen LogP contribution in [0.1, 0.15) is 5.56 Å². The Balaban J connectivity index is 1.83. The summed E-state index contributed by atoms with van der Waals surface area (Å²) in [6.07, 6.45) is 4.11. The Morgan fingerprint density at radius 3 is 2.72 bits per heavy atom. The van der Waals surface area contributed by atoms with Crippen molar-refractivity contribution in [3.8, 4) is 0 Å². The van der Waals surface area contributed by atoms with Crippen LogP contribution in [0.3, 0.4) is 0 Å². The molecule has 1 heterocycles. The molecule has 1 aromatic carbocycles. The fraction of sp³-hybridized carbons (Fsp3) is 0.231. The number of nitrogens with zero attached hydrogens (tertiary/aromatic N) is 3. The quantitative estimate of drug-likeness (QED) is 0.843. The van der Waals surface area contributed by atoms with E-state index in [1.165, 1.54) is 5.56 Å². The highest BCUT2D eigenvalue weighted by atomic mass is 15.4. The molecule has 18 heavy (non-hydrogen) atoms. The second-order valence-electron chi connectivity index (χ2n) is 4.07. The van der Waals surface area contributed by atoms with Gasteiger partial charge in [-0.2, -0.15) is 4.98 Å². The summed E-state index contributed by atoms with van der Waals surface area (Å²) in [6, 6.07) is 10.2. The third-order valence-electron chi connectivity index (χ3n) is 2.37. The Morgan fingerprint density at radius 1 is 1.28 bits per heavy atom. The average Bonchev–Trinajstić information content (AvgIpc) is 2.85. The minimum atomic E-state index is 0.671. The van der Waals surface area contributed by atoms with Gasteiger partial charge in [0.15, 0.2) is 0 Å². The van der Waals surface area contributed by atoms with E-state index in [1.807, 2.05) is 43.3 Å². The number of anilines is 2. The minimum absolute atomic E-state index is 0.671. The van der Waals surface area contributed by atoms with Crippen LogP contribution in [0, 0.1) is 0 Å². The first-order chi connectivity index (χ1) is 8.75. The molecule has 0 aliphatic heterocycles. The normalized spacial score (nSPS) is 10.8. The fourth-order valence-corrected chi connectivity index (χ4v) is 1.45. The van der Waals surface area contributed by atoms with Gasteiger partial charge in [0.1, 0.15) is 0 Å². The molecule has 0 bridgehead atoms. The van der Waals surface area contributed by atoms with Crippen molar-refractivity contribution in [2.24, 2.45) is 0 Å². The summed E-state index contributed by atoms with van der Waals surface area (Å²) in [7, 11) is 3.81. The molecule has 5 nitrogen and oxygen atoms in total. The van der Waals surface area contributed by atoms with Crippen molar-refractivity contribution in [2.45, 2.75) is 0 Å². The maximum absolute atomic E-state index is 4.27. The van der Waals surface area contributed by atoms with Gasteiger partial charge in [-0.05, 0) is 5.56 Å². The second-order valence-corrected chi connectivity index (χ2v) is 4.07. The van der Waals surface area contributed by atoms with E-state index in [4.69, 9.17) is 0 Å². The van der Waals surface area contributed by atoms with Gasteiger partial charge in [-0.3, -0.25) is 0 Å². The van der Waals surface area contributed by atoms with Gasteiger partial charge in [-0.1, -0.05) is 42.5 Å². The van der Waals surface area contributed by atoms with Crippen LogP contribution >= 0.6 is 0 Å². The standard InChI is InChI=1S/C13H17N5/c1-18(2)13-15-12(16-17-13)14-10-6-9-11-7-4-3-5-8-11/h3-9H,10H2,1-2H3,(H2,14,15,16,17). The second kappa shape index (κ2) is 5.86. The van der Waals surface area contributed by atoms with Crippen LogP contribution in [-0.2, 0) is 0 Å². The summed E-state index contributed by atoms with van der Waals surface area (Å²) in [5, 5.41) is 10.0. The van der Waals surface area contributed by atoms with Gasteiger partial charge >= 0.3 is 0 Å². The molecule has 94 valence electrons. The summed E-state index contributed by atoms with van der Waals surface area (Å²) < 4.78 is 0. The topological polar surface area (TPSA) is 56.8 Å². The Labute approximate surface area is 107 Å². The number of nitrogens with one attached hydrogen (secondary N) is 2. The monoisotopic (exact) mass is 243 g/mol. The van der Waals surface area contributed by atoms with Crippen molar-refractivity contribution >= 4 is 18.0 Å². The van der Waals surface area contributed by atoms with Crippen LogP contribution < -0.4 is 10.2 Å². The highest BCUT2D eigenvalue weighted by Gasteiger charge is 2.02. The minimum Gasteiger partial charge on any atom is -0.351 e. The SMILES string of the molecule is CN(C)c1n[nH]c(NCC=Cc2ccccc2)n1. The smallest absolute Gasteiger partial charge is 0.245 e. The van der Waals surface area contributed by atoms with Crippen LogP contribution in [0.25, 0.3) is 6.08 Å². The van der Waals surface area contributed by atoms with Crippen LogP contribution in [-0.4, -0.2) is 35.8 Å². The van der Waals surface area contributed by atoms with E-state index in [-0.39, 0.29) is 0 Å². The molecular weight excluding hydrogens is 226 g/mol. The van der Waals surface area contributed by atoms with Gasteiger partial charge < -0.3 is 10.2 Å². The van der Waals surface area contributed by atoms with Crippen LogP contribution in [0.15, 0.2) is 36.4 Å². The molecule has 0 unspecified atom stereocenters. The summed E-state index contributed by atoms with van der Waals surface area (Å²) in [5.74, 6) is 1.35. The van der Waals surface area contributed by atoms with E-state index in [1.54, 1.807) is 0 Å². The number of hydrogen-bond acceptors (Lipinski definition) is 4. The number of benzene rings is 1. The summed E-state index contributed by atoms with van der Waals surface area (Å²) in [4.78, 5) is 6.12. The lowest BCUT2D eigenvalue weighted by Gasteiger charge is -2.03. The molecule has 0 saturated heterocycles. The fourth-order valence-electron chi connectivity index (χ4n) is 1.45. The molecule has 2 aromatic rings. The van der Waals surface area contributed by atoms with Gasteiger partial charge in [0.2, 0.25) is 11.9 Å². The average molecular weight is 243 g/mol. The van der Waals surface area contributed by atoms with E-state index < -0.39 is 0 Å². The first kappa shape index (κ1) is 12.2. The molecule has 2 N–H and O–H groups in total.